The first-order valence-electron chi connectivity index (χ1n) is 9.94. The Morgan fingerprint density at radius 1 is 1.10 bits per heavy atom. The van der Waals surface area contributed by atoms with Crippen LogP contribution in [-0.4, -0.2) is 43.1 Å². The minimum absolute atomic E-state index is 0.0292. The van der Waals surface area contributed by atoms with Crippen molar-refractivity contribution in [1.29, 1.82) is 0 Å². The highest BCUT2D eigenvalue weighted by molar-refractivity contribution is 5.91. The van der Waals surface area contributed by atoms with E-state index >= 15 is 0 Å². The van der Waals surface area contributed by atoms with Gasteiger partial charge in [0.1, 0.15) is 5.75 Å². The van der Waals surface area contributed by atoms with Crippen LogP contribution in [0.3, 0.4) is 0 Å². The number of hydrogen-bond donors (Lipinski definition) is 2. The van der Waals surface area contributed by atoms with Gasteiger partial charge in [0.25, 0.3) is 0 Å². The number of anilines is 1. The van der Waals surface area contributed by atoms with Gasteiger partial charge < -0.3 is 20.3 Å². The van der Waals surface area contributed by atoms with Crippen molar-refractivity contribution in [2.45, 2.75) is 32.7 Å². The first-order valence-corrected chi connectivity index (χ1v) is 9.94. The van der Waals surface area contributed by atoms with Crippen LogP contribution < -0.4 is 15.4 Å². The fraction of sp³-hybridized carbons (Fsp3) is 0.391. The van der Waals surface area contributed by atoms with Crippen LogP contribution >= 0.6 is 0 Å². The van der Waals surface area contributed by atoms with Gasteiger partial charge >= 0.3 is 6.03 Å². The number of aryl methyl sites for hydroxylation is 1. The summed E-state index contributed by atoms with van der Waals surface area (Å²) in [7, 11) is 1.62. The number of ether oxygens (including phenoxy) is 1. The molecule has 6 nitrogen and oxygen atoms in total. The number of likely N-dealkylation sites (tertiary alicyclic amines) is 1. The van der Waals surface area contributed by atoms with Crippen LogP contribution in [0, 0.1) is 12.8 Å². The number of rotatable bonds is 5. The quantitative estimate of drug-likeness (QED) is 0.809. The molecule has 0 bridgehead atoms. The van der Waals surface area contributed by atoms with E-state index in [1.165, 1.54) is 0 Å². The van der Waals surface area contributed by atoms with Gasteiger partial charge in [-0.05, 0) is 50.6 Å². The average Bonchev–Trinajstić information content (AvgIpc) is 3.15. The second kappa shape index (κ2) is 8.99. The molecule has 154 valence electrons. The Hall–Kier alpha value is -3.02. The van der Waals surface area contributed by atoms with Crippen LogP contribution in [0.15, 0.2) is 48.5 Å². The largest absolute Gasteiger partial charge is 0.497 e. The van der Waals surface area contributed by atoms with E-state index in [0.717, 1.165) is 22.6 Å². The molecule has 1 fully saturated rings. The summed E-state index contributed by atoms with van der Waals surface area (Å²) in [5, 5.41) is 5.94. The molecular formula is C23H29N3O3. The molecule has 3 rings (SSSR count). The van der Waals surface area contributed by atoms with E-state index in [4.69, 9.17) is 4.74 Å². The fourth-order valence-corrected chi connectivity index (χ4v) is 3.68. The van der Waals surface area contributed by atoms with E-state index in [1.807, 2.05) is 69.3 Å². The molecule has 2 N–H and O–H groups in total. The highest BCUT2D eigenvalue weighted by Crippen LogP contribution is 2.34. The van der Waals surface area contributed by atoms with Crippen molar-refractivity contribution < 1.29 is 14.3 Å². The number of hydrogen-bond acceptors (Lipinski definition) is 3. The summed E-state index contributed by atoms with van der Waals surface area (Å²) < 4.78 is 5.34. The predicted molar refractivity (Wildman–Crippen MR) is 114 cm³/mol. The Labute approximate surface area is 172 Å². The molecule has 29 heavy (non-hydrogen) atoms. The van der Waals surface area contributed by atoms with E-state index in [-0.39, 0.29) is 29.8 Å². The van der Waals surface area contributed by atoms with Gasteiger partial charge in [0.2, 0.25) is 5.91 Å². The standard InChI is InChI=1S/C23H29N3O3/c1-15(2)24-22(27)21-14-26(23(28)25-18-10-8-16(3)9-11-18)13-20(21)17-6-5-7-19(12-17)29-4/h5-12,15,20-21H,13-14H2,1-4H3,(H,24,27)(H,25,28)/t20-,21+/m1/s1. The van der Waals surface area contributed by atoms with Crippen molar-refractivity contribution in [2.75, 3.05) is 25.5 Å². The number of nitrogens with zero attached hydrogens (tertiary/aromatic N) is 1. The molecule has 6 heteroatoms. The molecule has 0 aliphatic carbocycles. The third-order valence-corrected chi connectivity index (χ3v) is 5.20. The maximum absolute atomic E-state index is 12.9. The number of benzene rings is 2. The van der Waals surface area contributed by atoms with Crippen molar-refractivity contribution in [3.05, 3.63) is 59.7 Å². The molecule has 2 aromatic rings. The second-order valence-corrected chi connectivity index (χ2v) is 7.85. The zero-order chi connectivity index (χ0) is 21.0. The molecule has 1 aliphatic heterocycles. The van der Waals surface area contributed by atoms with E-state index in [9.17, 15) is 9.59 Å². The number of carbonyl (C=O) groups excluding carboxylic acids is 2. The van der Waals surface area contributed by atoms with Gasteiger partial charge in [0, 0.05) is 30.7 Å². The monoisotopic (exact) mass is 395 g/mol. The molecule has 0 aromatic heterocycles. The first-order chi connectivity index (χ1) is 13.9. The van der Waals surface area contributed by atoms with E-state index in [2.05, 4.69) is 10.6 Å². The summed E-state index contributed by atoms with van der Waals surface area (Å²) in [5.41, 5.74) is 2.88. The Morgan fingerprint density at radius 2 is 1.83 bits per heavy atom. The van der Waals surface area contributed by atoms with E-state index < -0.39 is 0 Å². The van der Waals surface area contributed by atoms with Crippen LogP contribution in [0.5, 0.6) is 5.75 Å². The number of methoxy groups -OCH3 is 1. The van der Waals surface area contributed by atoms with E-state index in [1.54, 1.807) is 12.0 Å². The first kappa shape index (κ1) is 20.7. The normalized spacial score (nSPS) is 18.6. The minimum Gasteiger partial charge on any atom is -0.497 e. The summed E-state index contributed by atoms with van der Waals surface area (Å²) >= 11 is 0. The van der Waals surface area contributed by atoms with Gasteiger partial charge in [0.15, 0.2) is 0 Å². The number of amides is 3. The Balaban J connectivity index is 1.80. The van der Waals surface area contributed by atoms with Gasteiger partial charge in [-0.3, -0.25) is 4.79 Å². The summed E-state index contributed by atoms with van der Waals surface area (Å²) in [6.07, 6.45) is 0. The Morgan fingerprint density at radius 3 is 2.48 bits per heavy atom. The average molecular weight is 396 g/mol. The third-order valence-electron chi connectivity index (χ3n) is 5.20. The Kier molecular flexibility index (Phi) is 6.42. The lowest BCUT2D eigenvalue weighted by molar-refractivity contribution is -0.125. The van der Waals surface area contributed by atoms with Gasteiger partial charge in [-0.2, -0.15) is 0 Å². The fourth-order valence-electron chi connectivity index (χ4n) is 3.68. The van der Waals surface area contributed by atoms with Crippen molar-refractivity contribution in [2.24, 2.45) is 5.92 Å². The lowest BCUT2D eigenvalue weighted by Gasteiger charge is -2.20. The van der Waals surface area contributed by atoms with Gasteiger partial charge in [0.05, 0.1) is 13.0 Å². The molecule has 0 unspecified atom stereocenters. The van der Waals surface area contributed by atoms with Crippen molar-refractivity contribution in [1.82, 2.24) is 10.2 Å². The molecular weight excluding hydrogens is 366 g/mol. The summed E-state index contributed by atoms with van der Waals surface area (Å²) in [6.45, 7) is 6.73. The topological polar surface area (TPSA) is 70.7 Å². The highest BCUT2D eigenvalue weighted by Gasteiger charge is 2.40. The van der Waals surface area contributed by atoms with Crippen LogP contribution in [0.2, 0.25) is 0 Å². The van der Waals surface area contributed by atoms with Gasteiger partial charge in [-0.25, -0.2) is 4.79 Å². The predicted octanol–water partition coefficient (Wildman–Crippen LogP) is 3.78. The van der Waals surface area contributed by atoms with Crippen molar-refractivity contribution in [3.63, 3.8) is 0 Å². The van der Waals surface area contributed by atoms with Crippen LogP contribution in [-0.2, 0) is 4.79 Å². The van der Waals surface area contributed by atoms with Crippen LogP contribution in [0.4, 0.5) is 10.5 Å². The number of carbonyl (C=O) groups is 2. The smallest absolute Gasteiger partial charge is 0.321 e. The van der Waals surface area contributed by atoms with Gasteiger partial charge in [-0.1, -0.05) is 29.8 Å². The van der Waals surface area contributed by atoms with Crippen molar-refractivity contribution in [3.8, 4) is 5.75 Å². The molecule has 0 saturated carbocycles. The van der Waals surface area contributed by atoms with Crippen LogP contribution in [0.25, 0.3) is 0 Å². The highest BCUT2D eigenvalue weighted by atomic mass is 16.5. The SMILES string of the molecule is COc1cccc([C@H]2CN(C(=O)Nc3ccc(C)cc3)C[C@@H]2C(=O)NC(C)C)c1. The molecule has 0 spiro atoms. The third kappa shape index (κ3) is 5.08. The lowest BCUT2D eigenvalue weighted by Crippen LogP contribution is -2.39. The maximum Gasteiger partial charge on any atom is 0.321 e. The molecule has 1 heterocycles. The molecule has 0 radical (unpaired) electrons. The molecule has 3 amide bonds. The summed E-state index contributed by atoms with van der Waals surface area (Å²) in [6, 6.07) is 15.3. The molecule has 2 atom stereocenters. The lowest BCUT2D eigenvalue weighted by atomic mass is 9.88. The number of nitrogens with one attached hydrogen (secondary N) is 2. The molecule has 1 saturated heterocycles. The Bertz CT molecular complexity index is 864. The van der Waals surface area contributed by atoms with Crippen molar-refractivity contribution >= 4 is 17.6 Å². The molecule has 1 aliphatic rings. The number of urea groups is 1. The minimum atomic E-state index is -0.312. The zero-order valence-corrected chi connectivity index (χ0v) is 17.4. The van der Waals surface area contributed by atoms with Crippen LogP contribution in [0.1, 0.15) is 30.9 Å². The summed E-state index contributed by atoms with van der Waals surface area (Å²) in [4.78, 5) is 27.4. The summed E-state index contributed by atoms with van der Waals surface area (Å²) in [5.74, 6) is 0.312. The maximum atomic E-state index is 12.9. The van der Waals surface area contributed by atoms with Gasteiger partial charge in [-0.15, -0.1) is 0 Å². The second-order valence-electron chi connectivity index (χ2n) is 7.85. The molecule has 2 aromatic carbocycles. The zero-order valence-electron chi connectivity index (χ0n) is 17.4. The van der Waals surface area contributed by atoms with E-state index in [0.29, 0.717) is 13.1 Å².